The average Bonchev–Trinajstić information content (AvgIpc) is 3.23. The van der Waals surface area contributed by atoms with Crippen LogP contribution in [0.5, 0.6) is 0 Å². The number of halogens is 1. The van der Waals surface area contributed by atoms with Crippen LogP contribution in [-0.4, -0.2) is 70.3 Å². The van der Waals surface area contributed by atoms with Crippen molar-refractivity contribution in [2.75, 3.05) is 43.5 Å². The Balaban J connectivity index is 1.20. The first kappa shape index (κ1) is 24.6. The summed E-state index contributed by atoms with van der Waals surface area (Å²) in [6.45, 7) is 8.01. The number of nitrogens with zero attached hydrogens (tertiary/aromatic N) is 5. The Morgan fingerprint density at radius 1 is 1.17 bits per heavy atom. The van der Waals surface area contributed by atoms with Crippen molar-refractivity contribution in [3.63, 3.8) is 0 Å². The first-order valence-corrected chi connectivity index (χ1v) is 14.6. The molecule has 4 fully saturated rings. The molecule has 1 aliphatic carbocycles. The van der Waals surface area contributed by atoms with Gasteiger partial charge < -0.3 is 20.4 Å². The van der Waals surface area contributed by atoms with E-state index in [-0.39, 0.29) is 5.60 Å². The highest BCUT2D eigenvalue weighted by molar-refractivity contribution is 14.1. The number of nitrogens with one attached hydrogen (secondary N) is 2. The first-order chi connectivity index (χ1) is 17.5. The average molecular weight is 604 g/mol. The topological polar surface area (TPSA) is 82.3 Å². The molecular weight excluding hydrogens is 565 g/mol. The molecule has 0 atom stereocenters. The summed E-state index contributed by atoms with van der Waals surface area (Å²) in [5, 5.41) is 16.2. The summed E-state index contributed by atoms with van der Waals surface area (Å²) in [5.74, 6) is 0.766. The molecule has 2 aromatic heterocycles. The highest BCUT2D eigenvalue weighted by atomic mass is 127. The van der Waals surface area contributed by atoms with Gasteiger partial charge in [0.25, 0.3) is 0 Å². The number of aryl methyl sites for hydroxylation is 1. The Morgan fingerprint density at radius 3 is 2.61 bits per heavy atom. The maximum absolute atomic E-state index is 8.01. The number of hydrogen-bond acceptors (Lipinski definition) is 7. The fraction of sp³-hybridized carbons (Fsp3) is 0.667. The van der Waals surface area contributed by atoms with Crippen LogP contribution in [0.4, 0.5) is 11.5 Å². The van der Waals surface area contributed by atoms with E-state index in [0.717, 1.165) is 72.0 Å². The van der Waals surface area contributed by atoms with E-state index in [2.05, 4.69) is 53.4 Å². The maximum Gasteiger partial charge on any atom is 0.136 e. The summed E-state index contributed by atoms with van der Waals surface area (Å²) >= 11 is 2.41. The van der Waals surface area contributed by atoms with Crippen molar-refractivity contribution < 1.29 is 4.74 Å². The van der Waals surface area contributed by atoms with E-state index < -0.39 is 0 Å². The molecule has 0 radical (unpaired) electrons. The fourth-order valence-electron chi connectivity index (χ4n) is 7.04. The number of ether oxygens (including phenoxy) is 1. The molecular formula is C27H38IN7O. The summed E-state index contributed by atoms with van der Waals surface area (Å²) in [5.41, 5.74) is 5.81. The van der Waals surface area contributed by atoms with Crippen LogP contribution in [-0.2, 0) is 24.2 Å². The molecule has 194 valence electrons. The van der Waals surface area contributed by atoms with Crippen LogP contribution in [0, 0.1) is 16.0 Å². The quantitative estimate of drug-likeness (QED) is 0.378. The first-order valence-electron chi connectivity index (χ1n) is 13.5. The van der Waals surface area contributed by atoms with Gasteiger partial charge in [-0.1, -0.05) is 6.42 Å². The summed E-state index contributed by atoms with van der Waals surface area (Å²) in [6, 6.07) is 2.11. The monoisotopic (exact) mass is 603 g/mol. The lowest BCUT2D eigenvalue weighted by Gasteiger charge is -2.58. The number of piperidine rings is 1. The molecule has 2 aromatic rings. The van der Waals surface area contributed by atoms with Crippen LogP contribution in [0.3, 0.4) is 0 Å². The van der Waals surface area contributed by atoms with Crippen molar-refractivity contribution in [2.45, 2.75) is 82.5 Å². The van der Waals surface area contributed by atoms with Crippen molar-refractivity contribution >= 4 is 40.3 Å². The van der Waals surface area contributed by atoms with Gasteiger partial charge in [0.15, 0.2) is 0 Å². The Kier molecular flexibility index (Phi) is 6.52. The van der Waals surface area contributed by atoms with E-state index in [1.165, 1.54) is 62.7 Å². The largest absolute Gasteiger partial charge is 0.373 e. The second kappa shape index (κ2) is 9.54. The van der Waals surface area contributed by atoms with Gasteiger partial charge in [0.1, 0.15) is 9.52 Å². The van der Waals surface area contributed by atoms with Gasteiger partial charge in [-0.15, -0.1) is 0 Å². The van der Waals surface area contributed by atoms with Crippen molar-refractivity contribution in [1.82, 2.24) is 19.7 Å². The Morgan fingerprint density at radius 2 is 1.94 bits per heavy atom. The number of aromatic nitrogens is 3. The maximum atomic E-state index is 8.01. The van der Waals surface area contributed by atoms with Gasteiger partial charge in [0.2, 0.25) is 0 Å². The number of pyridine rings is 1. The molecule has 0 aromatic carbocycles. The van der Waals surface area contributed by atoms with Crippen molar-refractivity contribution in [1.29, 1.82) is 5.41 Å². The molecule has 9 heteroatoms. The smallest absolute Gasteiger partial charge is 0.136 e. The lowest BCUT2D eigenvalue weighted by Crippen LogP contribution is -2.64. The van der Waals surface area contributed by atoms with Crippen LogP contribution in [0.15, 0.2) is 6.07 Å². The number of likely N-dealkylation sites (tertiary alicyclic amines) is 1. The second-order valence-corrected chi connectivity index (χ2v) is 12.3. The lowest BCUT2D eigenvalue weighted by molar-refractivity contribution is -0.202. The van der Waals surface area contributed by atoms with E-state index >= 15 is 0 Å². The fourth-order valence-corrected chi connectivity index (χ4v) is 7.79. The van der Waals surface area contributed by atoms with Gasteiger partial charge >= 0.3 is 0 Å². The van der Waals surface area contributed by atoms with Crippen LogP contribution in [0.2, 0.25) is 0 Å². The minimum atomic E-state index is -0.0607. The predicted octanol–water partition coefficient (Wildman–Crippen LogP) is 4.36. The zero-order valence-electron chi connectivity index (χ0n) is 21.6. The highest BCUT2D eigenvalue weighted by Gasteiger charge is 2.52. The number of rotatable bonds is 6. The molecule has 0 unspecified atom stereocenters. The van der Waals surface area contributed by atoms with Crippen LogP contribution >= 0.6 is 22.6 Å². The standard InChI is InChI=1S/C27H38IN7O/c1-19-14-23(20(15-29)25(30-2)31-19)33-13-6-22-21(16-33)24(28)32-35(22)17-27-9-7-26(8-10-27,18-36-27)34-11-4-3-5-12-34/h14-15,29H,3-13,16-18H2,1-2H3,(H,30,31). The molecule has 0 spiro atoms. The Hall–Kier alpha value is -1.72. The molecule has 36 heavy (non-hydrogen) atoms. The summed E-state index contributed by atoms with van der Waals surface area (Å²) in [4.78, 5) is 9.72. The highest BCUT2D eigenvalue weighted by Crippen LogP contribution is 2.48. The molecule has 8 nitrogen and oxygen atoms in total. The summed E-state index contributed by atoms with van der Waals surface area (Å²) in [6.07, 6.45) is 11.3. The molecule has 1 saturated carbocycles. The van der Waals surface area contributed by atoms with Gasteiger partial charge in [-0.25, -0.2) is 4.98 Å². The number of hydrogen-bond donors (Lipinski definition) is 2. The van der Waals surface area contributed by atoms with Gasteiger partial charge in [-0.05, 0) is 87.2 Å². The molecule has 4 aliphatic heterocycles. The van der Waals surface area contributed by atoms with E-state index in [1.807, 2.05) is 14.0 Å². The van der Waals surface area contributed by atoms with Gasteiger partial charge in [0.05, 0.1) is 30.0 Å². The Bertz CT molecular complexity index is 1130. The van der Waals surface area contributed by atoms with E-state index in [9.17, 15) is 0 Å². The molecule has 2 bridgehead atoms. The van der Waals surface area contributed by atoms with Crippen LogP contribution in [0.1, 0.15) is 67.5 Å². The SMILES string of the molecule is CNc1nc(C)cc(N2CCc3c(c(I)nn3CC34CCC(N5CCCCC5)(CC3)CO4)C2)c1C=N. The van der Waals surface area contributed by atoms with Crippen LogP contribution in [0.25, 0.3) is 0 Å². The zero-order chi connectivity index (χ0) is 24.9. The van der Waals surface area contributed by atoms with Crippen LogP contribution < -0.4 is 10.2 Å². The third-order valence-electron chi connectivity index (χ3n) is 9.18. The molecule has 7 rings (SSSR count). The minimum absolute atomic E-state index is 0.0607. The molecule has 5 aliphatic rings. The van der Waals surface area contributed by atoms with E-state index in [1.54, 1.807) is 0 Å². The third-order valence-corrected chi connectivity index (χ3v) is 10.0. The zero-order valence-corrected chi connectivity index (χ0v) is 23.7. The number of fused-ring (bicyclic) bond motifs is 4. The Labute approximate surface area is 227 Å². The molecule has 2 N–H and O–H groups in total. The molecule has 0 amide bonds. The minimum Gasteiger partial charge on any atom is -0.373 e. The van der Waals surface area contributed by atoms with Gasteiger partial charge in [-0.2, -0.15) is 5.10 Å². The third kappa shape index (κ3) is 4.15. The molecule has 6 heterocycles. The summed E-state index contributed by atoms with van der Waals surface area (Å²) < 4.78 is 10.1. The lowest BCUT2D eigenvalue weighted by atomic mass is 9.69. The predicted molar refractivity (Wildman–Crippen MR) is 151 cm³/mol. The van der Waals surface area contributed by atoms with E-state index in [4.69, 9.17) is 15.2 Å². The van der Waals surface area contributed by atoms with E-state index in [0.29, 0.717) is 5.54 Å². The normalized spacial score (nSPS) is 28.2. The van der Waals surface area contributed by atoms with Crippen molar-refractivity contribution in [2.24, 2.45) is 0 Å². The van der Waals surface area contributed by atoms with Crippen molar-refractivity contribution in [3.8, 4) is 0 Å². The molecule has 3 saturated heterocycles. The van der Waals surface area contributed by atoms with Crippen molar-refractivity contribution in [3.05, 3.63) is 32.3 Å². The second-order valence-electron chi connectivity index (χ2n) is 11.2. The number of anilines is 2. The van der Waals surface area contributed by atoms with Gasteiger partial charge in [-0.3, -0.25) is 9.58 Å². The van der Waals surface area contributed by atoms with Gasteiger partial charge in [0, 0.05) is 55.3 Å². The summed E-state index contributed by atoms with van der Waals surface area (Å²) in [7, 11) is 1.87.